The Hall–Kier alpha value is -1.13. The lowest BCUT2D eigenvalue weighted by molar-refractivity contribution is 0.465. The number of para-hydroxylation sites is 2. The zero-order valence-electron chi connectivity index (χ0n) is 9.98. The van der Waals surface area contributed by atoms with Gasteiger partial charge in [-0.3, -0.25) is 0 Å². The van der Waals surface area contributed by atoms with E-state index in [1.165, 1.54) is 4.90 Å². The van der Waals surface area contributed by atoms with E-state index in [-0.39, 0.29) is 0 Å². The summed E-state index contributed by atoms with van der Waals surface area (Å²) in [5.74, 6) is 0.298. The fourth-order valence-electron chi connectivity index (χ4n) is 1.68. The number of phenolic OH excluding ortho intramolecular Hbond substituents is 1. The Balaban J connectivity index is 2.14. The van der Waals surface area contributed by atoms with Crippen molar-refractivity contribution in [3.05, 3.63) is 52.5 Å². The first-order chi connectivity index (χ1) is 8.72. The van der Waals surface area contributed by atoms with Crippen LogP contribution in [0, 0.1) is 0 Å². The second-order valence-corrected chi connectivity index (χ2v) is 5.50. The molecule has 0 aromatic heterocycles. The average Bonchev–Trinajstić information content (AvgIpc) is 2.41. The summed E-state index contributed by atoms with van der Waals surface area (Å²) in [5, 5.41) is 13.3. The second-order valence-electron chi connectivity index (χ2n) is 3.80. The van der Waals surface area contributed by atoms with Crippen molar-refractivity contribution in [1.29, 1.82) is 0 Å². The van der Waals surface area contributed by atoms with Crippen molar-refractivity contribution < 1.29 is 5.11 Å². The van der Waals surface area contributed by atoms with Gasteiger partial charge in [0.1, 0.15) is 5.75 Å². The molecular weight excluding hydrogens is 310 g/mol. The molecule has 4 heteroatoms. The molecule has 0 unspecified atom stereocenters. The average molecular weight is 324 g/mol. The predicted octanol–water partition coefficient (Wildman–Crippen LogP) is 4.49. The van der Waals surface area contributed by atoms with Crippen molar-refractivity contribution in [2.75, 3.05) is 11.6 Å². The van der Waals surface area contributed by atoms with Crippen LogP contribution in [-0.4, -0.2) is 11.4 Å². The molecule has 0 aliphatic rings. The molecule has 0 heterocycles. The highest BCUT2D eigenvalue weighted by atomic mass is 79.9. The van der Waals surface area contributed by atoms with Crippen LogP contribution >= 0.6 is 27.7 Å². The molecular formula is C14H14BrNOS. The van der Waals surface area contributed by atoms with Crippen molar-refractivity contribution >= 4 is 33.4 Å². The minimum Gasteiger partial charge on any atom is -0.506 e. The van der Waals surface area contributed by atoms with E-state index >= 15 is 0 Å². The smallest absolute Gasteiger partial charge is 0.134 e. The quantitative estimate of drug-likeness (QED) is 0.813. The summed E-state index contributed by atoms with van der Waals surface area (Å²) in [6.07, 6.45) is 2.05. The lowest BCUT2D eigenvalue weighted by Crippen LogP contribution is -2.00. The van der Waals surface area contributed by atoms with Gasteiger partial charge in [-0.25, -0.2) is 0 Å². The molecule has 0 amide bonds. The molecule has 18 heavy (non-hydrogen) atoms. The summed E-state index contributed by atoms with van der Waals surface area (Å²) in [5.41, 5.74) is 1.96. The highest BCUT2D eigenvalue weighted by Gasteiger charge is 2.05. The van der Waals surface area contributed by atoms with Crippen LogP contribution in [0.2, 0.25) is 0 Å². The minimum atomic E-state index is 0.298. The molecule has 0 fully saturated rings. The molecule has 0 aliphatic carbocycles. The summed E-state index contributed by atoms with van der Waals surface area (Å²) < 4.78 is 0.722. The van der Waals surface area contributed by atoms with Gasteiger partial charge in [0.05, 0.1) is 4.47 Å². The molecule has 2 aromatic rings. The Morgan fingerprint density at radius 1 is 1.17 bits per heavy atom. The lowest BCUT2D eigenvalue weighted by Gasteiger charge is -2.11. The van der Waals surface area contributed by atoms with Crippen LogP contribution in [0.5, 0.6) is 5.75 Å². The number of aromatic hydroxyl groups is 1. The number of thioether (sulfide) groups is 1. The van der Waals surface area contributed by atoms with Crippen LogP contribution in [0.25, 0.3) is 0 Å². The third-order valence-electron chi connectivity index (χ3n) is 2.65. The van der Waals surface area contributed by atoms with Gasteiger partial charge in [-0.05, 0) is 40.4 Å². The lowest BCUT2D eigenvalue weighted by atomic mass is 10.2. The Morgan fingerprint density at radius 3 is 2.72 bits per heavy atom. The topological polar surface area (TPSA) is 32.3 Å². The first kappa shape index (κ1) is 13.3. The Morgan fingerprint density at radius 2 is 1.94 bits per heavy atom. The van der Waals surface area contributed by atoms with Crippen LogP contribution in [0.15, 0.2) is 51.8 Å². The van der Waals surface area contributed by atoms with E-state index in [1.54, 1.807) is 11.8 Å². The van der Waals surface area contributed by atoms with Gasteiger partial charge < -0.3 is 10.4 Å². The highest BCUT2D eigenvalue weighted by Crippen LogP contribution is 2.29. The monoisotopic (exact) mass is 323 g/mol. The maximum atomic E-state index is 9.91. The van der Waals surface area contributed by atoms with Crippen molar-refractivity contribution in [2.45, 2.75) is 11.4 Å². The first-order valence-corrected chi connectivity index (χ1v) is 7.57. The van der Waals surface area contributed by atoms with E-state index in [0.29, 0.717) is 12.3 Å². The van der Waals surface area contributed by atoms with Crippen LogP contribution < -0.4 is 5.32 Å². The van der Waals surface area contributed by atoms with E-state index in [0.717, 1.165) is 15.7 Å². The van der Waals surface area contributed by atoms with Crippen LogP contribution in [0.1, 0.15) is 5.56 Å². The van der Waals surface area contributed by atoms with Crippen molar-refractivity contribution in [3.8, 4) is 5.75 Å². The van der Waals surface area contributed by atoms with E-state index in [1.807, 2.05) is 36.4 Å². The SMILES string of the molecule is CSc1ccccc1NCc1cccc(Br)c1O. The molecule has 0 aliphatic heterocycles. The zero-order chi connectivity index (χ0) is 13.0. The largest absolute Gasteiger partial charge is 0.506 e. The summed E-state index contributed by atoms with van der Waals surface area (Å²) in [4.78, 5) is 1.20. The summed E-state index contributed by atoms with van der Waals surface area (Å²) in [7, 11) is 0. The van der Waals surface area contributed by atoms with Crippen molar-refractivity contribution in [3.63, 3.8) is 0 Å². The fraction of sp³-hybridized carbons (Fsp3) is 0.143. The van der Waals surface area contributed by atoms with Crippen LogP contribution in [-0.2, 0) is 6.54 Å². The number of halogens is 1. The highest BCUT2D eigenvalue weighted by molar-refractivity contribution is 9.10. The molecule has 0 spiro atoms. The molecule has 94 valence electrons. The van der Waals surface area contributed by atoms with Crippen LogP contribution in [0.3, 0.4) is 0 Å². The van der Waals surface area contributed by atoms with Gasteiger partial charge in [-0.1, -0.05) is 24.3 Å². The molecule has 0 bridgehead atoms. The number of hydrogen-bond acceptors (Lipinski definition) is 3. The van der Waals surface area contributed by atoms with Crippen molar-refractivity contribution in [2.24, 2.45) is 0 Å². The minimum absolute atomic E-state index is 0.298. The van der Waals surface area contributed by atoms with Gasteiger partial charge >= 0.3 is 0 Å². The van der Waals surface area contributed by atoms with E-state index in [9.17, 15) is 5.11 Å². The Kier molecular flexibility index (Phi) is 4.55. The van der Waals surface area contributed by atoms with Crippen molar-refractivity contribution in [1.82, 2.24) is 0 Å². The summed E-state index contributed by atoms with van der Waals surface area (Å²) in [6, 6.07) is 13.8. The molecule has 2 nitrogen and oxygen atoms in total. The van der Waals surface area contributed by atoms with Gasteiger partial charge in [-0.2, -0.15) is 0 Å². The number of hydrogen-bond donors (Lipinski definition) is 2. The van der Waals surface area contributed by atoms with E-state index in [2.05, 4.69) is 33.6 Å². The van der Waals surface area contributed by atoms with E-state index in [4.69, 9.17) is 0 Å². The third kappa shape index (κ3) is 3.00. The maximum absolute atomic E-state index is 9.91. The van der Waals surface area contributed by atoms with Gasteiger partial charge in [0.15, 0.2) is 0 Å². The molecule has 2 aromatic carbocycles. The summed E-state index contributed by atoms with van der Waals surface area (Å²) >= 11 is 5.02. The maximum Gasteiger partial charge on any atom is 0.134 e. The fourth-order valence-corrected chi connectivity index (χ4v) is 2.67. The molecule has 0 radical (unpaired) electrons. The number of anilines is 1. The van der Waals surface area contributed by atoms with Gasteiger partial charge in [0.2, 0.25) is 0 Å². The van der Waals surface area contributed by atoms with Crippen LogP contribution in [0.4, 0.5) is 5.69 Å². The molecule has 0 atom stereocenters. The molecule has 2 rings (SSSR count). The number of rotatable bonds is 4. The normalized spacial score (nSPS) is 10.3. The first-order valence-electron chi connectivity index (χ1n) is 5.55. The summed E-state index contributed by atoms with van der Waals surface area (Å²) in [6.45, 7) is 0.600. The van der Waals surface area contributed by atoms with Gasteiger partial charge in [-0.15, -0.1) is 11.8 Å². The molecule has 0 saturated heterocycles. The zero-order valence-corrected chi connectivity index (χ0v) is 12.4. The second kappa shape index (κ2) is 6.16. The van der Waals surface area contributed by atoms with E-state index < -0.39 is 0 Å². The number of nitrogens with one attached hydrogen (secondary N) is 1. The predicted molar refractivity (Wildman–Crippen MR) is 81.4 cm³/mol. The Bertz CT molecular complexity index is 545. The standard InChI is InChI=1S/C14H14BrNOS/c1-18-13-8-3-2-7-12(13)16-9-10-5-4-6-11(15)14(10)17/h2-8,16-17H,9H2,1H3. The van der Waals surface area contributed by atoms with Gasteiger partial charge in [0, 0.05) is 22.7 Å². The third-order valence-corrected chi connectivity index (χ3v) is 4.08. The Labute approximate surface area is 120 Å². The molecule has 0 saturated carbocycles. The molecule has 2 N–H and O–H groups in total. The van der Waals surface area contributed by atoms with Gasteiger partial charge in [0.25, 0.3) is 0 Å². The number of benzene rings is 2. The number of phenols is 1.